The van der Waals surface area contributed by atoms with E-state index in [-0.39, 0.29) is 11.6 Å². The minimum absolute atomic E-state index is 0.0110. The van der Waals surface area contributed by atoms with Crippen LogP contribution in [0.25, 0.3) is 0 Å². The van der Waals surface area contributed by atoms with Gasteiger partial charge in [-0.2, -0.15) is 0 Å². The Labute approximate surface area is 60.6 Å². The molecule has 1 aliphatic carbocycles. The summed E-state index contributed by atoms with van der Waals surface area (Å²) in [6, 6.07) is 0. The monoisotopic (exact) mass is 140 g/mol. The van der Waals surface area contributed by atoms with Crippen LogP contribution in [0.2, 0.25) is 0 Å². The minimum Gasteiger partial charge on any atom is -0.459 e. The third-order valence-corrected chi connectivity index (χ3v) is 2.63. The fourth-order valence-corrected chi connectivity index (χ4v) is 2.04. The molecule has 0 aromatic heterocycles. The predicted octanol–water partition coefficient (Wildman–Crippen LogP) is 1.64. The van der Waals surface area contributed by atoms with Crippen LogP contribution in [-0.4, -0.2) is 11.6 Å². The molecule has 1 heterocycles. The maximum atomic E-state index is 10.8. The Hall–Kier alpha value is -0.530. The minimum atomic E-state index is 0.0110. The average Bonchev–Trinajstić information content (AvgIpc) is 2.46. The summed E-state index contributed by atoms with van der Waals surface area (Å²) in [5, 5.41) is 0. The topological polar surface area (TPSA) is 26.3 Å². The number of hydrogen-bond donors (Lipinski definition) is 0. The molecular formula is C8H12O2. The van der Waals surface area contributed by atoms with Crippen LogP contribution in [0.1, 0.15) is 38.5 Å². The van der Waals surface area contributed by atoms with Crippen molar-refractivity contribution in [3.63, 3.8) is 0 Å². The Kier molecular flexibility index (Phi) is 1.22. The van der Waals surface area contributed by atoms with Crippen LogP contribution in [0, 0.1) is 0 Å². The molecule has 2 fully saturated rings. The lowest BCUT2D eigenvalue weighted by molar-refractivity contribution is -0.147. The molecule has 0 aromatic carbocycles. The maximum absolute atomic E-state index is 10.8. The van der Waals surface area contributed by atoms with E-state index in [1.54, 1.807) is 0 Å². The van der Waals surface area contributed by atoms with E-state index < -0.39 is 0 Å². The van der Waals surface area contributed by atoms with E-state index in [2.05, 4.69) is 0 Å². The second kappa shape index (κ2) is 1.97. The van der Waals surface area contributed by atoms with Crippen LogP contribution in [0.3, 0.4) is 0 Å². The first-order valence-corrected chi connectivity index (χ1v) is 4.03. The zero-order chi connectivity index (χ0) is 7.03. The average molecular weight is 140 g/mol. The van der Waals surface area contributed by atoms with Gasteiger partial charge in [-0.05, 0) is 32.1 Å². The van der Waals surface area contributed by atoms with Gasteiger partial charge < -0.3 is 4.74 Å². The Morgan fingerprint density at radius 3 is 2.40 bits per heavy atom. The summed E-state index contributed by atoms with van der Waals surface area (Å²) in [4.78, 5) is 10.8. The van der Waals surface area contributed by atoms with Crippen molar-refractivity contribution < 1.29 is 9.53 Å². The summed E-state index contributed by atoms with van der Waals surface area (Å²) in [6.45, 7) is 0. The van der Waals surface area contributed by atoms with Gasteiger partial charge in [0.15, 0.2) is 0 Å². The highest BCUT2D eigenvalue weighted by Gasteiger charge is 2.42. The Bertz CT molecular complexity index is 157. The van der Waals surface area contributed by atoms with Crippen LogP contribution >= 0.6 is 0 Å². The predicted molar refractivity (Wildman–Crippen MR) is 36.5 cm³/mol. The number of carbonyl (C=O) groups is 1. The van der Waals surface area contributed by atoms with E-state index in [0.717, 1.165) is 19.3 Å². The second-order valence-corrected chi connectivity index (χ2v) is 3.36. The van der Waals surface area contributed by atoms with Gasteiger partial charge >= 0.3 is 5.97 Å². The second-order valence-electron chi connectivity index (χ2n) is 3.36. The lowest BCUT2D eigenvalue weighted by atomic mass is 9.99. The van der Waals surface area contributed by atoms with Crippen LogP contribution < -0.4 is 0 Å². The molecule has 0 atom stereocenters. The van der Waals surface area contributed by atoms with Gasteiger partial charge in [0.05, 0.1) is 0 Å². The Morgan fingerprint density at radius 2 is 1.90 bits per heavy atom. The largest absolute Gasteiger partial charge is 0.459 e. The Balaban J connectivity index is 2.09. The van der Waals surface area contributed by atoms with Gasteiger partial charge in [0.2, 0.25) is 0 Å². The van der Waals surface area contributed by atoms with Gasteiger partial charge in [-0.1, -0.05) is 0 Å². The summed E-state index contributed by atoms with van der Waals surface area (Å²) < 4.78 is 5.27. The van der Waals surface area contributed by atoms with E-state index >= 15 is 0 Å². The van der Waals surface area contributed by atoms with Crippen molar-refractivity contribution >= 4 is 5.97 Å². The standard InChI is InChI=1S/C8H12O2/c9-7-3-6-8(10-7)4-1-2-5-8/h1-6H2. The van der Waals surface area contributed by atoms with Crippen molar-refractivity contribution in [1.82, 2.24) is 0 Å². The van der Waals surface area contributed by atoms with Crippen molar-refractivity contribution in [2.45, 2.75) is 44.1 Å². The number of carbonyl (C=O) groups excluding carboxylic acids is 1. The quantitative estimate of drug-likeness (QED) is 0.478. The molecule has 0 N–H and O–H groups in total. The number of esters is 1. The van der Waals surface area contributed by atoms with Gasteiger partial charge in [-0.25, -0.2) is 0 Å². The van der Waals surface area contributed by atoms with Crippen LogP contribution in [0.15, 0.2) is 0 Å². The number of rotatable bonds is 0. The van der Waals surface area contributed by atoms with Gasteiger partial charge in [-0.3, -0.25) is 4.79 Å². The first-order valence-electron chi connectivity index (χ1n) is 4.03. The van der Waals surface area contributed by atoms with Crippen molar-refractivity contribution in [3.8, 4) is 0 Å². The molecule has 10 heavy (non-hydrogen) atoms. The molecular weight excluding hydrogens is 128 g/mol. The summed E-state index contributed by atoms with van der Waals surface area (Å²) in [5.41, 5.74) is 0.0110. The number of hydrogen-bond acceptors (Lipinski definition) is 2. The van der Waals surface area contributed by atoms with E-state index in [4.69, 9.17) is 4.74 Å². The first-order chi connectivity index (χ1) is 4.81. The van der Waals surface area contributed by atoms with Gasteiger partial charge in [0, 0.05) is 6.42 Å². The fraction of sp³-hybridized carbons (Fsp3) is 0.875. The fourth-order valence-electron chi connectivity index (χ4n) is 2.04. The normalized spacial score (nSPS) is 29.4. The van der Waals surface area contributed by atoms with Crippen molar-refractivity contribution in [2.24, 2.45) is 0 Å². The molecule has 1 saturated heterocycles. The molecule has 0 radical (unpaired) electrons. The maximum Gasteiger partial charge on any atom is 0.306 e. The summed E-state index contributed by atoms with van der Waals surface area (Å²) in [6.07, 6.45) is 6.34. The molecule has 0 bridgehead atoms. The van der Waals surface area contributed by atoms with Crippen LogP contribution in [0.4, 0.5) is 0 Å². The molecule has 2 aliphatic rings. The molecule has 2 rings (SSSR count). The zero-order valence-corrected chi connectivity index (χ0v) is 6.06. The molecule has 1 aliphatic heterocycles. The molecule has 2 heteroatoms. The van der Waals surface area contributed by atoms with E-state index in [1.807, 2.05) is 0 Å². The van der Waals surface area contributed by atoms with Crippen molar-refractivity contribution in [3.05, 3.63) is 0 Å². The van der Waals surface area contributed by atoms with E-state index in [1.165, 1.54) is 12.8 Å². The lowest BCUT2D eigenvalue weighted by Gasteiger charge is -2.20. The zero-order valence-electron chi connectivity index (χ0n) is 6.06. The highest BCUT2D eigenvalue weighted by Crippen LogP contribution is 2.41. The smallest absolute Gasteiger partial charge is 0.306 e. The molecule has 0 aromatic rings. The number of ether oxygens (including phenoxy) is 1. The van der Waals surface area contributed by atoms with Crippen LogP contribution in [-0.2, 0) is 9.53 Å². The van der Waals surface area contributed by atoms with E-state index in [9.17, 15) is 4.79 Å². The summed E-state index contributed by atoms with van der Waals surface area (Å²) in [7, 11) is 0. The third-order valence-electron chi connectivity index (χ3n) is 2.63. The van der Waals surface area contributed by atoms with Gasteiger partial charge in [-0.15, -0.1) is 0 Å². The molecule has 0 amide bonds. The van der Waals surface area contributed by atoms with Crippen LogP contribution in [0.5, 0.6) is 0 Å². The van der Waals surface area contributed by atoms with Crippen molar-refractivity contribution in [2.75, 3.05) is 0 Å². The highest BCUT2D eigenvalue weighted by atomic mass is 16.6. The highest BCUT2D eigenvalue weighted by molar-refractivity contribution is 5.72. The van der Waals surface area contributed by atoms with Crippen molar-refractivity contribution in [1.29, 1.82) is 0 Å². The van der Waals surface area contributed by atoms with Gasteiger partial charge in [0.25, 0.3) is 0 Å². The van der Waals surface area contributed by atoms with E-state index in [0.29, 0.717) is 6.42 Å². The molecule has 0 unspecified atom stereocenters. The molecule has 1 spiro atoms. The van der Waals surface area contributed by atoms with Gasteiger partial charge in [0.1, 0.15) is 5.60 Å². The molecule has 2 nitrogen and oxygen atoms in total. The first kappa shape index (κ1) is 6.20. The Morgan fingerprint density at radius 1 is 1.20 bits per heavy atom. The summed E-state index contributed by atoms with van der Waals surface area (Å²) in [5.74, 6) is 0.0156. The SMILES string of the molecule is O=C1CCC2(CCCC2)O1. The molecule has 1 saturated carbocycles. The molecule has 56 valence electrons. The lowest BCUT2D eigenvalue weighted by Crippen LogP contribution is -2.23. The third kappa shape index (κ3) is 0.825. The summed E-state index contributed by atoms with van der Waals surface area (Å²) >= 11 is 0.